The maximum absolute atomic E-state index is 12.5. The third-order valence-electron chi connectivity index (χ3n) is 2.98. The molecule has 0 atom stereocenters. The fraction of sp³-hybridized carbons (Fsp3) is 0.200. The summed E-state index contributed by atoms with van der Waals surface area (Å²) >= 11 is 5.82. The highest BCUT2D eigenvalue weighted by Gasteiger charge is 2.26. The van der Waals surface area contributed by atoms with E-state index < -0.39 is 26.9 Å². The second kappa shape index (κ2) is 8.11. The number of carbonyl (C=O) groups is 2. The second-order valence-corrected chi connectivity index (χ2v) is 7.03. The van der Waals surface area contributed by atoms with Crippen molar-refractivity contribution in [3.8, 4) is 0 Å². The fourth-order valence-electron chi connectivity index (χ4n) is 1.91. The molecule has 9 nitrogen and oxygen atoms in total. The van der Waals surface area contributed by atoms with Gasteiger partial charge in [-0.1, -0.05) is 11.6 Å². The van der Waals surface area contributed by atoms with E-state index in [1.807, 2.05) is 0 Å². The summed E-state index contributed by atoms with van der Waals surface area (Å²) in [7, 11) is -4.41. The van der Waals surface area contributed by atoms with Crippen LogP contribution in [0.4, 0.5) is 10.7 Å². The van der Waals surface area contributed by atoms with Crippen LogP contribution < -0.4 is 10.0 Å². The molecule has 0 saturated heterocycles. The van der Waals surface area contributed by atoms with Gasteiger partial charge >= 0.3 is 12.0 Å². The molecule has 0 aliphatic carbocycles. The van der Waals surface area contributed by atoms with Crippen molar-refractivity contribution in [3.63, 3.8) is 0 Å². The summed E-state index contributed by atoms with van der Waals surface area (Å²) in [4.78, 5) is 31.2. The Bertz CT molecular complexity index is 949. The number of nitrogens with one attached hydrogen (secondary N) is 2. The van der Waals surface area contributed by atoms with Crippen LogP contribution in [-0.4, -0.2) is 37.0 Å². The lowest BCUT2D eigenvalue weighted by atomic mass is 10.2. The van der Waals surface area contributed by atoms with Crippen molar-refractivity contribution < 1.29 is 22.7 Å². The highest BCUT2D eigenvalue weighted by Crippen LogP contribution is 2.22. The molecule has 1 aromatic heterocycles. The maximum atomic E-state index is 12.5. The highest BCUT2D eigenvalue weighted by atomic mass is 35.5. The number of aryl methyl sites for hydroxylation is 1. The van der Waals surface area contributed by atoms with E-state index in [9.17, 15) is 18.0 Å². The average Bonchev–Trinajstić information content (AvgIpc) is 2.54. The number of amides is 2. The van der Waals surface area contributed by atoms with Gasteiger partial charge in [0.05, 0.1) is 12.2 Å². The number of benzene rings is 1. The molecule has 0 spiro atoms. The number of sulfonamides is 1. The van der Waals surface area contributed by atoms with Gasteiger partial charge in [-0.25, -0.2) is 32.7 Å². The first-order valence-corrected chi connectivity index (χ1v) is 9.19. The summed E-state index contributed by atoms with van der Waals surface area (Å²) in [6, 6.07) is 4.11. The fourth-order valence-corrected chi connectivity index (χ4v) is 3.27. The number of halogens is 1. The van der Waals surface area contributed by atoms with Gasteiger partial charge in [0.1, 0.15) is 4.90 Å². The smallest absolute Gasteiger partial charge is 0.339 e. The van der Waals surface area contributed by atoms with Gasteiger partial charge in [-0.2, -0.15) is 0 Å². The Labute approximate surface area is 154 Å². The molecule has 0 aliphatic heterocycles. The Balaban J connectivity index is 2.28. The minimum atomic E-state index is -4.41. The number of esters is 1. The molecule has 2 rings (SSSR count). The van der Waals surface area contributed by atoms with E-state index in [-0.39, 0.29) is 23.1 Å². The van der Waals surface area contributed by atoms with Gasteiger partial charge in [0.2, 0.25) is 5.95 Å². The summed E-state index contributed by atoms with van der Waals surface area (Å²) < 4.78 is 31.6. The first-order valence-electron chi connectivity index (χ1n) is 7.33. The number of aromatic nitrogens is 2. The van der Waals surface area contributed by atoms with Gasteiger partial charge in [-0.05, 0) is 38.1 Å². The molecule has 0 aliphatic rings. The van der Waals surface area contributed by atoms with Crippen LogP contribution in [0.5, 0.6) is 0 Å². The molecule has 11 heteroatoms. The summed E-state index contributed by atoms with van der Waals surface area (Å²) in [6.45, 7) is 3.31. The maximum Gasteiger partial charge on any atom is 0.339 e. The minimum Gasteiger partial charge on any atom is -0.462 e. The molecule has 0 fully saturated rings. The predicted octanol–water partition coefficient (Wildman–Crippen LogP) is 2.13. The van der Waals surface area contributed by atoms with Crippen LogP contribution in [0.3, 0.4) is 0 Å². The molecule has 0 radical (unpaired) electrons. The summed E-state index contributed by atoms with van der Waals surface area (Å²) in [5, 5.41) is 2.27. The molecule has 2 N–H and O–H groups in total. The monoisotopic (exact) mass is 398 g/mol. The molecule has 138 valence electrons. The molecular weight excluding hydrogens is 384 g/mol. The second-order valence-electron chi connectivity index (χ2n) is 4.94. The Morgan fingerprint density at radius 3 is 2.65 bits per heavy atom. The predicted molar refractivity (Wildman–Crippen MR) is 93.5 cm³/mol. The van der Waals surface area contributed by atoms with Crippen molar-refractivity contribution in [2.45, 2.75) is 18.7 Å². The Hall–Kier alpha value is -2.72. The quantitative estimate of drug-likeness (QED) is 0.738. The molecule has 2 amide bonds. The lowest BCUT2D eigenvalue weighted by molar-refractivity contribution is 0.0521. The largest absolute Gasteiger partial charge is 0.462 e. The Kier molecular flexibility index (Phi) is 6.11. The molecule has 1 heterocycles. The van der Waals surface area contributed by atoms with Crippen molar-refractivity contribution in [3.05, 3.63) is 46.7 Å². The molecule has 2 aromatic rings. The first-order chi connectivity index (χ1) is 12.2. The van der Waals surface area contributed by atoms with Crippen molar-refractivity contribution >= 4 is 39.6 Å². The first kappa shape index (κ1) is 19.6. The van der Waals surface area contributed by atoms with Gasteiger partial charge in [0.25, 0.3) is 10.0 Å². The van der Waals surface area contributed by atoms with Gasteiger partial charge in [-0.15, -0.1) is 0 Å². The third kappa shape index (κ3) is 4.90. The number of anilines is 1. The van der Waals surface area contributed by atoms with E-state index in [4.69, 9.17) is 16.3 Å². The van der Waals surface area contributed by atoms with Gasteiger partial charge in [-0.3, -0.25) is 5.32 Å². The van der Waals surface area contributed by atoms with Crippen LogP contribution in [0.15, 0.2) is 35.4 Å². The number of hydrogen-bond donors (Lipinski definition) is 2. The molecule has 0 unspecified atom stereocenters. The molecule has 26 heavy (non-hydrogen) atoms. The van der Waals surface area contributed by atoms with Crippen LogP contribution in [-0.2, 0) is 14.8 Å². The highest BCUT2D eigenvalue weighted by molar-refractivity contribution is 7.90. The van der Waals surface area contributed by atoms with E-state index in [0.29, 0.717) is 5.69 Å². The molecule has 1 aromatic carbocycles. The lowest BCUT2D eigenvalue weighted by Gasteiger charge is -2.12. The SMILES string of the molecule is CCOC(=O)c1ccc(Cl)cc1S(=O)(=O)NC(=O)Nc1nccc(C)n1. The van der Waals surface area contributed by atoms with Crippen LogP contribution in [0.1, 0.15) is 23.0 Å². The standard InChI is InChI=1S/C15H15ClN4O5S/c1-3-25-13(21)11-5-4-10(16)8-12(11)26(23,24)20-15(22)19-14-17-7-6-9(2)18-14/h4-8H,3H2,1-2H3,(H2,17,18,19,20,22). The van der Waals surface area contributed by atoms with E-state index in [1.165, 1.54) is 18.3 Å². The summed E-state index contributed by atoms with van der Waals surface area (Å²) in [5.74, 6) is -0.929. The molecular formula is C15H15ClN4O5S. The van der Waals surface area contributed by atoms with Gasteiger partial charge in [0, 0.05) is 16.9 Å². The zero-order valence-electron chi connectivity index (χ0n) is 13.8. The zero-order valence-corrected chi connectivity index (χ0v) is 15.4. The van der Waals surface area contributed by atoms with Crippen molar-refractivity contribution in [1.82, 2.24) is 14.7 Å². The topological polar surface area (TPSA) is 127 Å². The minimum absolute atomic E-state index is 0.0551. The van der Waals surface area contributed by atoms with Crippen LogP contribution in [0.25, 0.3) is 0 Å². The van der Waals surface area contributed by atoms with Gasteiger partial charge < -0.3 is 4.74 Å². The Morgan fingerprint density at radius 2 is 2.00 bits per heavy atom. The molecule has 0 saturated carbocycles. The zero-order chi connectivity index (χ0) is 19.3. The van der Waals surface area contributed by atoms with E-state index in [2.05, 4.69) is 15.3 Å². The van der Waals surface area contributed by atoms with E-state index in [1.54, 1.807) is 24.6 Å². The Morgan fingerprint density at radius 1 is 1.27 bits per heavy atom. The number of hydrogen-bond acceptors (Lipinski definition) is 7. The van der Waals surface area contributed by atoms with Crippen LogP contribution in [0, 0.1) is 6.92 Å². The number of urea groups is 1. The number of nitrogens with zero attached hydrogens (tertiary/aromatic N) is 2. The number of ether oxygens (including phenoxy) is 1. The molecule has 0 bridgehead atoms. The van der Waals surface area contributed by atoms with E-state index >= 15 is 0 Å². The normalized spacial score (nSPS) is 10.9. The third-order valence-corrected chi connectivity index (χ3v) is 4.58. The summed E-state index contributed by atoms with van der Waals surface area (Å²) in [6.07, 6.45) is 1.41. The van der Waals surface area contributed by atoms with Crippen molar-refractivity contribution in [2.24, 2.45) is 0 Å². The van der Waals surface area contributed by atoms with Crippen molar-refractivity contribution in [1.29, 1.82) is 0 Å². The van der Waals surface area contributed by atoms with E-state index in [0.717, 1.165) is 6.07 Å². The average molecular weight is 399 g/mol. The van der Waals surface area contributed by atoms with Gasteiger partial charge in [0.15, 0.2) is 0 Å². The number of carbonyl (C=O) groups excluding carboxylic acids is 2. The van der Waals surface area contributed by atoms with Crippen LogP contribution >= 0.6 is 11.6 Å². The summed E-state index contributed by atoms with van der Waals surface area (Å²) in [5.41, 5.74) is 0.334. The number of rotatable bonds is 5. The lowest BCUT2D eigenvalue weighted by Crippen LogP contribution is -2.35. The van der Waals surface area contributed by atoms with Crippen LogP contribution in [0.2, 0.25) is 5.02 Å². The van der Waals surface area contributed by atoms with Crippen molar-refractivity contribution in [2.75, 3.05) is 11.9 Å².